The van der Waals surface area contributed by atoms with Gasteiger partial charge in [0.2, 0.25) is 0 Å². The van der Waals surface area contributed by atoms with E-state index in [0.29, 0.717) is 24.3 Å². The zero-order valence-electron chi connectivity index (χ0n) is 21.6. The Morgan fingerprint density at radius 1 is 0.556 bits per heavy atom. The van der Waals surface area contributed by atoms with Crippen LogP contribution in [0, 0.1) is 22.7 Å². The molecule has 0 atom stereocenters. The summed E-state index contributed by atoms with van der Waals surface area (Å²) in [5.41, 5.74) is 5.14. The molecule has 0 aromatic heterocycles. The van der Waals surface area contributed by atoms with Crippen LogP contribution in [0.3, 0.4) is 0 Å². The number of hydrogen-bond donors (Lipinski definition) is 0. The maximum atomic E-state index is 9.23. The van der Waals surface area contributed by atoms with Gasteiger partial charge in [0.25, 0.3) is 0 Å². The van der Waals surface area contributed by atoms with Crippen LogP contribution >= 0.6 is 0 Å². The first-order valence-corrected chi connectivity index (χ1v) is 13.1. The van der Waals surface area contributed by atoms with Gasteiger partial charge < -0.3 is 9.47 Å². The van der Waals surface area contributed by atoms with Crippen LogP contribution in [-0.4, -0.2) is 13.2 Å². The van der Waals surface area contributed by atoms with Gasteiger partial charge in [-0.1, -0.05) is 76.6 Å². The minimum absolute atomic E-state index is 0.627. The highest BCUT2D eigenvalue weighted by Gasteiger charge is 2.16. The molecule has 0 bridgehead atoms. The van der Waals surface area contributed by atoms with E-state index in [2.05, 4.69) is 38.1 Å². The number of unbranched alkanes of at least 4 members (excludes halogenated alkanes) is 6. The molecule has 0 saturated carbocycles. The lowest BCUT2D eigenvalue weighted by Gasteiger charge is -2.18. The summed E-state index contributed by atoms with van der Waals surface area (Å²) in [5, 5.41) is 18.5. The van der Waals surface area contributed by atoms with Crippen LogP contribution < -0.4 is 9.47 Å². The molecule has 0 fully saturated rings. The second kappa shape index (κ2) is 14.6. The van der Waals surface area contributed by atoms with Crippen molar-refractivity contribution in [1.82, 2.24) is 0 Å². The lowest BCUT2D eigenvalue weighted by Crippen LogP contribution is -2.03. The third-order valence-electron chi connectivity index (χ3n) is 6.24. The zero-order chi connectivity index (χ0) is 25.6. The van der Waals surface area contributed by atoms with E-state index >= 15 is 0 Å². The van der Waals surface area contributed by atoms with Crippen molar-refractivity contribution in [2.45, 2.75) is 65.2 Å². The summed E-state index contributed by atoms with van der Waals surface area (Å²) in [7, 11) is 0. The average molecular weight is 481 g/mol. The van der Waals surface area contributed by atoms with Gasteiger partial charge in [0, 0.05) is 11.1 Å². The van der Waals surface area contributed by atoms with Gasteiger partial charge >= 0.3 is 0 Å². The third-order valence-corrected chi connectivity index (χ3v) is 6.24. The van der Waals surface area contributed by atoms with Crippen molar-refractivity contribution >= 4 is 0 Å². The van der Waals surface area contributed by atoms with E-state index in [4.69, 9.17) is 9.47 Å². The van der Waals surface area contributed by atoms with Crippen molar-refractivity contribution in [3.63, 3.8) is 0 Å². The van der Waals surface area contributed by atoms with Crippen molar-refractivity contribution in [3.05, 3.63) is 71.8 Å². The molecular formula is C32H36N2O2. The highest BCUT2D eigenvalue weighted by molar-refractivity contribution is 5.81. The maximum absolute atomic E-state index is 9.23. The van der Waals surface area contributed by atoms with Crippen molar-refractivity contribution in [2.24, 2.45) is 0 Å². The van der Waals surface area contributed by atoms with E-state index in [1.807, 2.05) is 48.5 Å². The van der Waals surface area contributed by atoms with Gasteiger partial charge in [-0.25, -0.2) is 0 Å². The molecule has 4 nitrogen and oxygen atoms in total. The van der Waals surface area contributed by atoms with Crippen LogP contribution in [0.1, 0.15) is 76.3 Å². The molecular weight excluding hydrogens is 444 g/mol. The number of nitriles is 2. The Kier molecular flexibility index (Phi) is 10.9. The molecule has 0 N–H and O–H groups in total. The number of benzene rings is 3. The molecule has 0 heterocycles. The Morgan fingerprint density at radius 2 is 0.944 bits per heavy atom. The molecule has 186 valence electrons. The van der Waals surface area contributed by atoms with E-state index in [0.717, 1.165) is 59.4 Å². The summed E-state index contributed by atoms with van der Waals surface area (Å²) in [6.07, 6.45) is 9.06. The predicted molar refractivity (Wildman–Crippen MR) is 146 cm³/mol. The van der Waals surface area contributed by atoms with E-state index in [-0.39, 0.29) is 0 Å². The van der Waals surface area contributed by atoms with Crippen LogP contribution in [0.4, 0.5) is 0 Å². The van der Waals surface area contributed by atoms with Crippen LogP contribution in [0.5, 0.6) is 11.5 Å². The minimum atomic E-state index is 0.627. The second-order valence-electron chi connectivity index (χ2n) is 9.04. The average Bonchev–Trinajstić information content (AvgIpc) is 2.93. The largest absolute Gasteiger partial charge is 0.493 e. The van der Waals surface area contributed by atoms with Gasteiger partial charge in [0.15, 0.2) is 0 Å². The normalized spacial score (nSPS) is 10.4. The fourth-order valence-electron chi connectivity index (χ4n) is 4.12. The Bertz CT molecular complexity index is 1070. The summed E-state index contributed by atoms with van der Waals surface area (Å²) in [6.45, 7) is 5.70. The molecule has 0 unspecified atom stereocenters. The van der Waals surface area contributed by atoms with Crippen molar-refractivity contribution < 1.29 is 9.47 Å². The summed E-state index contributed by atoms with van der Waals surface area (Å²) < 4.78 is 12.7. The molecule has 0 aliphatic rings. The topological polar surface area (TPSA) is 66.0 Å². The molecule has 0 aliphatic heterocycles. The van der Waals surface area contributed by atoms with Gasteiger partial charge in [0.1, 0.15) is 11.5 Å². The van der Waals surface area contributed by atoms with Crippen LogP contribution in [0.15, 0.2) is 60.7 Å². The van der Waals surface area contributed by atoms with E-state index in [1.54, 1.807) is 0 Å². The van der Waals surface area contributed by atoms with Crippen LogP contribution in [0.2, 0.25) is 0 Å². The Morgan fingerprint density at radius 3 is 1.28 bits per heavy atom. The highest BCUT2D eigenvalue weighted by Crippen LogP contribution is 2.41. The molecule has 0 saturated heterocycles. The summed E-state index contributed by atoms with van der Waals surface area (Å²) in [4.78, 5) is 0. The first kappa shape index (κ1) is 26.8. The zero-order valence-corrected chi connectivity index (χ0v) is 21.6. The SMILES string of the molecule is CCCCCCOc1cc(-c2ccc(C#N)cc2)c(OCCCCCC)cc1-c1ccc(C#N)cc1. The molecule has 0 amide bonds. The lowest BCUT2D eigenvalue weighted by atomic mass is 9.96. The molecule has 4 heteroatoms. The van der Waals surface area contributed by atoms with Crippen molar-refractivity contribution in [2.75, 3.05) is 13.2 Å². The van der Waals surface area contributed by atoms with E-state index in [9.17, 15) is 10.5 Å². The standard InChI is InChI=1S/C32H36N2O2/c1-3-5-7-9-19-35-31-21-30(28-17-13-26(24-34)14-18-28)32(36-20-10-8-6-4-2)22-29(31)27-15-11-25(23-33)12-16-27/h11-18,21-22H,3-10,19-20H2,1-2H3. The molecule has 0 aliphatic carbocycles. The predicted octanol–water partition coefficient (Wildman–Crippen LogP) is 8.68. The second-order valence-corrected chi connectivity index (χ2v) is 9.04. The van der Waals surface area contributed by atoms with E-state index in [1.165, 1.54) is 25.7 Å². The van der Waals surface area contributed by atoms with Gasteiger partial charge in [-0.05, 0) is 60.4 Å². The summed E-state index contributed by atoms with van der Waals surface area (Å²) >= 11 is 0. The monoisotopic (exact) mass is 480 g/mol. The summed E-state index contributed by atoms with van der Waals surface area (Å²) in [6, 6.07) is 23.7. The number of hydrogen-bond acceptors (Lipinski definition) is 4. The van der Waals surface area contributed by atoms with E-state index < -0.39 is 0 Å². The van der Waals surface area contributed by atoms with Gasteiger partial charge in [0.05, 0.1) is 36.5 Å². The fraction of sp³-hybridized carbons (Fsp3) is 0.375. The van der Waals surface area contributed by atoms with Crippen molar-refractivity contribution in [3.8, 4) is 45.9 Å². The van der Waals surface area contributed by atoms with Gasteiger partial charge in [-0.3, -0.25) is 0 Å². The molecule has 3 rings (SSSR count). The fourth-order valence-corrected chi connectivity index (χ4v) is 4.12. The molecule has 36 heavy (non-hydrogen) atoms. The maximum Gasteiger partial charge on any atom is 0.128 e. The van der Waals surface area contributed by atoms with Gasteiger partial charge in [-0.2, -0.15) is 10.5 Å². The first-order chi connectivity index (χ1) is 17.7. The number of ether oxygens (including phenoxy) is 2. The lowest BCUT2D eigenvalue weighted by molar-refractivity contribution is 0.299. The Hall–Kier alpha value is -3.76. The Labute approximate surface area is 216 Å². The molecule has 3 aromatic carbocycles. The number of nitrogens with zero attached hydrogens (tertiary/aromatic N) is 2. The molecule has 3 aromatic rings. The minimum Gasteiger partial charge on any atom is -0.493 e. The molecule has 0 spiro atoms. The Balaban J connectivity index is 2.01. The first-order valence-electron chi connectivity index (χ1n) is 13.1. The highest BCUT2D eigenvalue weighted by atomic mass is 16.5. The quantitative estimate of drug-likeness (QED) is 0.216. The van der Waals surface area contributed by atoms with Gasteiger partial charge in [-0.15, -0.1) is 0 Å². The summed E-state index contributed by atoms with van der Waals surface area (Å²) in [5.74, 6) is 1.60. The van der Waals surface area contributed by atoms with Crippen LogP contribution in [0.25, 0.3) is 22.3 Å². The third kappa shape index (κ3) is 7.62. The van der Waals surface area contributed by atoms with Crippen molar-refractivity contribution in [1.29, 1.82) is 10.5 Å². The van der Waals surface area contributed by atoms with Crippen LogP contribution in [-0.2, 0) is 0 Å². The molecule has 0 radical (unpaired) electrons. The number of rotatable bonds is 14. The smallest absolute Gasteiger partial charge is 0.128 e.